The maximum absolute atomic E-state index is 11.5. The topological polar surface area (TPSA) is 73.3 Å². The fourth-order valence-corrected chi connectivity index (χ4v) is 2.53. The maximum atomic E-state index is 11.5. The highest BCUT2D eigenvalue weighted by Crippen LogP contribution is 2.19. The van der Waals surface area contributed by atoms with E-state index < -0.39 is 5.38 Å². The Balaban J connectivity index is 1.71. The highest BCUT2D eigenvalue weighted by molar-refractivity contribution is 7.15. The fraction of sp³-hybridized carbons (Fsp3) is 0.400. The number of hydrogen-bond acceptors (Lipinski definition) is 6. The van der Waals surface area contributed by atoms with Gasteiger partial charge in [-0.25, -0.2) is 0 Å². The molecule has 1 amide bonds. The average Bonchev–Trinajstić information content (AvgIpc) is 2.99. The van der Waals surface area contributed by atoms with Gasteiger partial charge in [-0.1, -0.05) is 11.3 Å². The Bertz CT molecular complexity index is 631. The zero-order valence-corrected chi connectivity index (χ0v) is 14.5. The number of nitrogens with zero attached hydrogens (tertiary/aromatic N) is 2. The van der Waals surface area contributed by atoms with E-state index in [1.807, 2.05) is 24.3 Å². The minimum absolute atomic E-state index is 0.280. The van der Waals surface area contributed by atoms with Crippen molar-refractivity contribution in [2.24, 2.45) is 0 Å². The molecule has 0 fully saturated rings. The SMILES string of the molecule is COc1ccc(OCCCc2nnc(NC(=O)C(C)Cl)s2)cc1. The zero-order chi connectivity index (χ0) is 16.7. The molecule has 1 heterocycles. The second kappa shape index (κ2) is 8.69. The number of carbonyl (C=O) groups excluding carboxylic acids is 1. The van der Waals surface area contributed by atoms with E-state index in [1.54, 1.807) is 14.0 Å². The normalized spacial score (nSPS) is 11.8. The van der Waals surface area contributed by atoms with Crippen LogP contribution in [0.3, 0.4) is 0 Å². The van der Waals surface area contributed by atoms with E-state index in [0.29, 0.717) is 11.7 Å². The summed E-state index contributed by atoms with van der Waals surface area (Å²) in [5.41, 5.74) is 0. The Hall–Kier alpha value is -1.86. The summed E-state index contributed by atoms with van der Waals surface area (Å²) >= 11 is 7.03. The fourth-order valence-electron chi connectivity index (χ4n) is 1.70. The molecule has 0 aliphatic carbocycles. The molecule has 1 aromatic carbocycles. The second-order valence-electron chi connectivity index (χ2n) is 4.73. The Kier molecular flexibility index (Phi) is 6.61. The van der Waals surface area contributed by atoms with Crippen molar-refractivity contribution in [1.29, 1.82) is 0 Å². The first-order valence-corrected chi connectivity index (χ1v) is 8.38. The highest BCUT2D eigenvalue weighted by Gasteiger charge is 2.12. The van der Waals surface area contributed by atoms with Crippen LogP contribution in [0.25, 0.3) is 0 Å². The summed E-state index contributed by atoms with van der Waals surface area (Å²) in [6.45, 7) is 2.18. The molecule has 23 heavy (non-hydrogen) atoms. The number of ether oxygens (including phenoxy) is 2. The number of aromatic nitrogens is 2. The van der Waals surface area contributed by atoms with Gasteiger partial charge < -0.3 is 9.47 Å². The summed E-state index contributed by atoms with van der Waals surface area (Å²) in [7, 11) is 1.63. The predicted octanol–water partition coefficient (Wildman–Crippen LogP) is 3.12. The summed E-state index contributed by atoms with van der Waals surface area (Å²) in [6, 6.07) is 7.44. The van der Waals surface area contributed by atoms with Gasteiger partial charge in [-0.2, -0.15) is 0 Å². The molecule has 0 aliphatic rings. The molecule has 0 saturated heterocycles. The molecule has 0 saturated carbocycles. The van der Waals surface area contributed by atoms with Crippen LogP contribution in [-0.4, -0.2) is 35.2 Å². The summed E-state index contributed by atoms with van der Waals surface area (Å²) in [5.74, 6) is 1.32. The van der Waals surface area contributed by atoms with E-state index in [1.165, 1.54) is 11.3 Å². The molecule has 2 aromatic rings. The van der Waals surface area contributed by atoms with Gasteiger partial charge in [0, 0.05) is 6.42 Å². The van der Waals surface area contributed by atoms with E-state index >= 15 is 0 Å². The lowest BCUT2D eigenvalue weighted by molar-refractivity contribution is -0.115. The number of hydrogen-bond donors (Lipinski definition) is 1. The first kappa shape index (κ1) is 17.5. The summed E-state index contributed by atoms with van der Waals surface area (Å²) in [4.78, 5) is 11.5. The molecule has 6 nitrogen and oxygen atoms in total. The monoisotopic (exact) mass is 355 g/mol. The average molecular weight is 356 g/mol. The summed E-state index contributed by atoms with van der Waals surface area (Å²) in [6.07, 6.45) is 1.54. The van der Waals surface area contributed by atoms with Crippen molar-refractivity contribution in [2.75, 3.05) is 19.0 Å². The molecule has 0 radical (unpaired) electrons. The number of amides is 1. The van der Waals surface area contributed by atoms with Gasteiger partial charge in [-0.3, -0.25) is 10.1 Å². The number of nitrogens with one attached hydrogen (secondary N) is 1. The quantitative estimate of drug-likeness (QED) is 0.581. The zero-order valence-electron chi connectivity index (χ0n) is 12.9. The van der Waals surface area contributed by atoms with Crippen LogP contribution >= 0.6 is 22.9 Å². The second-order valence-corrected chi connectivity index (χ2v) is 6.45. The lowest BCUT2D eigenvalue weighted by Crippen LogP contribution is -2.20. The molecule has 1 aromatic heterocycles. The van der Waals surface area contributed by atoms with Crippen LogP contribution in [0, 0.1) is 0 Å². The molecule has 124 valence electrons. The van der Waals surface area contributed by atoms with E-state index in [4.69, 9.17) is 21.1 Å². The molecule has 1 unspecified atom stereocenters. The minimum Gasteiger partial charge on any atom is -0.497 e. The van der Waals surface area contributed by atoms with Crippen LogP contribution < -0.4 is 14.8 Å². The highest BCUT2D eigenvalue weighted by atomic mass is 35.5. The van der Waals surface area contributed by atoms with Crippen LogP contribution in [-0.2, 0) is 11.2 Å². The smallest absolute Gasteiger partial charge is 0.243 e. The van der Waals surface area contributed by atoms with Gasteiger partial charge in [0.15, 0.2) is 0 Å². The van der Waals surface area contributed by atoms with Crippen molar-refractivity contribution in [3.63, 3.8) is 0 Å². The standard InChI is InChI=1S/C15H18ClN3O3S/c1-10(16)14(20)17-15-19-18-13(23-15)4-3-9-22-12-7-5-11(21-2)6-8-12/h5-8,10H,3-4,9H2,1-2H3,(H,17,19,20). The molecular formula is C15H18ClN3O3S. The van der Waals surface area contributed by atoms with E-state index in [9.17, 15) is 4.79 Å². The Labute approximate surface area is 143 Å². The van der Waals surface area contributed by atoms with Gasteiger partial charge >= 0.3 is 0 Å². The first-order chi connectivity index (χ1) is 11.1. The van der Waals surface area contributed by atoms with E-state index in [0.717, 1.165) is 29.3 Å². The molecule has 1 N–H and O–H groups in total. The number of anilines is 1. The van der Waals surface area contributed by atoms with Crippen LogP contribution in [0.15, 0.2) is 24.3 Å². The molecule has 2 rings (SSSR count). The van der Waals surface area contributed by atoms with Crippen molar-refractivity contribution < 1.29 is 14.3 Å². The number of benzene rings is 1. The summed E-state index contributed by atoms with van der Waals surface area (Å²) in [5, 5.41) is 11.3. The summed E-state index contributed by atoms with van der Waals surface area (Å²) < 4.78 is 10.7. The Morgan fingerprint density at radius 3 is 2.65 bits per heavy atom. The largest absolute Gasteiger partial charge is 0.497 e. The lowest BCUT2D eigenvalue weighted by atomic mass is 10.3. The minimum atomic E-state index is -0.597. The lowest BCUT2D eigenvalue weighted by Gasteiger charge is -2.06. The number of carbonyl (C=O) groups is 1. The van der Waals surface area contributed by atoms with Crippen LogP contribution in [0.2, 0.25) is 0 Å². The van der Waals surface area contributed by atoms with Gasteiger partial charge in [0.25, 0.3) is 0 Å². The van der Waals surface area contributed by atoms with Crippen LogP contribution in [0.1, 0.15) is 18.4 Å². The number of aryl methyl sites for hydroxylation is 1. The van der Waals surface area contributed by atoms with Crippen molar-refractivity contribution in [2.45, 2.75) is 25.1 Å². The van der Waals surface area contributed by atoms with Crippen LogP contribution in [0.4, 0.5) is 5.13 Å². The van der Waals surface area contributed by atoms with Crippen molar-refractivity contribution in [3.8, 4) is 11.5 Å². The van der Waals surface area contributed by atoms with Gasteiger partial charge in [-0.15, -0.1) is 21.8 Å². The van der Waals surface area contributed by atoms with Gasteiger partial charge in [-0.05, 0) is 37.6 Å². The van der Waals surface area contributed by atoms with Crippen molar-refractivity contribution >= 4 is 34.0 Å². The first-order valence-electron chi connectivity index (χ1n) is 7.12. The third-order valence-corrected chi connectivity index (χ3v) is 4.02. The van der Waals surface area contributed by atoms with Crippen LogP contribution in [0.5, 0.6) is 11.5 Å². The molecule has 1 atom stereocenters. The predicted molar refractivity (Wildman–Crippen MR) is 90.7 cm³/mol. The molecule has 0 spiro atoms. The number of alkyl halides is 1. The molecular weight excluding hydrogens is 338 g/mol. The third-order valence-electron chi connectivity index (χ3n) is 2.92. The number of methoxy groups -OCH3 is 1. The molecule has 0 bridgehead atoms. The third kappa shape index (κ3) is 5.69. The van der Waals surface area contributed by atoms with Gasteiger partial charge in [0.2, 0.25) is 11.0 Å². The molecule has 8 heteroatoms. The van der Waals surface area contributed by atoms with E-state index in [2.05, 4.69) is 15.5 Å². The Morgan fingerprint density at radius 1 is 1.30 bits per heavy atom. The van der Waals surface area contributed by atoms with Gasteiger partial charge in [0.1, 0.15) is 21.9 Å². The van der Waals surface area contributed by atoms with E-state index in [-0.39, 0.29) is 5.91 Å². The number of rotatable bonds is 8. The maximum Gasteiger partial charge on any atom is 0.243 e. The van der Waals surface area contributed by atoms with Gasteiger partial charge in [0.05, 0.1) is 13.7 Å². The molecule has 0 aliphatic heterocycles. The van der Waals surface area contributed by atoms with Crippen molar-refractivity contribution in [1.82, 2.24) is 10.2 Å². The Morgan fingerprint density at radius 2 is 2.00 bits per heavy atom. The number of halogens is 1. The van der Waals surface area contributed by atoms with Crippen molar-refractivity contribution in [3.05, 3.63) is 29.3 Å².